The van der Waals surface area contributed by atoms with Crippen LogP contribution >= 0.6 is 0 Å². The molecule has 2 aromatic rings. The van der Waals surface area contributed by atoms with Gasteiger partial charge in [0, 0.05) is 0 Å². The van der Waals surface area contributed by atoms with Crippen LogP contribution in [0.25, 0.3) is 0 Å². The molecule has 0 aromatic heterocycles. The van der Waals surface area contributed by atoms with E-state index in [4.69, 9.17) is 10.5 Å². The Morgan fingerprint density at radius 1 is 1.15 bits per heavy atom. The Morgan fingerprint density at radius 2 is 1.95 bits per heavy atom. The van der Waals surface area contributed by atoms with Crippen molar-refractivity contribution in [1.29, 1.82) is 0 Å². The maximum Gasteiger partial charge on any atom is 0.338 e. The van der Waals surface area contributed by atoms with Gasteiger partial charge in [-0.2, -0.15) is 5.11 Å². The van der Waals surface area contributed by atoms with Crippen LogP contribution in [0.4, 0.5) is 17.1 Å². The van der Waals surface area contributed by atoms with Crippen molar-refractivity contribution in [3.63, 3.8) is 0 Å². The van der Waals surface area contributed by atoms with Gasteiger partial charge >= 0.3 is 5.97 Å². The number of azo groups is 1. The molecule has 0 spiro atoms. The van der Waals surface area contributed by atoms with Crippen molar-refractivity contribution in [2.75, 3.05) is 12.3 Å². The molecule has 20 heavy (non-hydrogen) atoms. The predicted octanol–water partition coefficient (Wildman–Crippen LogP) is 3.86. The zero-order valence-corrected chi connectivity index (χ0v) is 11.1. The summed E-state index contributed by atoms with van der Waals surface area (Å²) in [6, 6.07) is 14.0. The first-order valence-electron chi connectivity index (χ1n) is 6.24. The van der Waals surface area contributed by atoms with Gasteiger partial charge in [-0.25, -0.2) is 4.79 Å². The third kappa shape index (κ3) is 3.41. The van der Waals surface area contributed by atoms with E-state index in [0.29, 0.717) is 29.2 Å². The van der Waals surface area contributed by atoms with Crippen LogP contribution in [0.3, 0.4) is 0 Å². The highest BCUT2D eigenvalue weighted by Crippen LogP contribution is 2.24. The number of hydrogen-bond acceptors (Lipinski definition) is 5. The number of benzene rings is 2. The van der Waals surface area contributed by atoms with Crippen molar-refractivity contribution in [1.82, 2.24) is 0 Å². The Labute approximate surface area is 117 Å². The van der Waals surface area contributed by atoms with Crippen molar-refractivity contribution in [2.45, 2.75) is 6.92 Å². The van der Waals surface area contributed by atoms with Crippen molar-refractivity contribution >= 4 is 23.0 Å². The van der Waals surface area contributed by atoms with E-state index >= 15 is 0 Å². The summed E-state index contributed by atoms with van der Waals surface area (Å²) in [6.07, 6.45) is 0. The summed E-state index contributed by atoms with van der Waals surface area (Å²) in [6.45, 7) is 2.10. The minimum absolute atomic E-state index is 0.338. The molecule has 0 aliphatic heterocycles. The number of nitrogens with zero attached hydrogens (tertiary/aromatic N) is 2. The highest BCUT2D eigenvalue weighted by atomic mass is 16.5. The van der Waals surface area contributed by atoms with Crippen molar-refractivity contribution in [3.8, 4) is 0 Å². The van der Waals surface area contributed by atoms with Crippen LogP contribution in [0, 0.1) is 0 Å². The number of anilines is 1. The van der Waals surface area contributed by atoms with Crippen molar-refractivity contribution in [3.05, 3.63) is 54.1 Å². The number of esters is 1. The molecule has 2 aromatic carbocycles. The van der Waals surface area contributed by atoms with E-state index in [1.165, 1.54) is 0 Å². The molecule has 0 unspecified atom stereocenters. The first-order chi connectivity index (χ1) is 9.70. The first kappa shape index (κ1) is 13.7. The predicted molar refractivity (Wildman–Crippen MR) is 77.4 cm³/mol. The monoisotopic (exact) mass is 269 g/mol. The average Bonchev–Trinajstić information content (AvgIpc) is 2.47. The van der Waals surface area contributed by atoms with Crippen LogP contribution in [0.2, 0.25) is 0 Å². The SMILES string of the molecule is CCOC(=O)c1cccc(N=Nc2ccccc2N)c1. The number of para-hydroxylation sites is 1. The van der Waals surface area contributed by atoms with Gasteiger partial charge in [0.05, 0.1) is 23.5 Å². The second kappa shape index (κ2) is 6.47. The Morgan fingerprint density at radius 3 is 2.70 bits per heavy atom. The van der Waals surface area contributed by atoms with E-state index < -0.39 is 0 Å². The highest BCUT2D eigenvalue weighted by molar-refractivity contribution is 5.90. The Balaban J connectivity index is 2.20. The van der Waals surface area contributed by atoms with Crippen LogP contribution in [0.1, 0.15) is 17.3 Å². The second-order valence-corrected chi connectivity index (χ2v) is 4.03. The summed E-state index contributed by atoms with van der Waals surface area (Å²) >= 11 is 0. The zero-order valence-electron chi connectivity index (χ0n) is 11.1. The number of carbonyl (C=O) groups excluding carboxylic acids is 1. The van der Waals surface area contributed by atoms with Gasteiger partial charge in [0.1, 0.15) is 5.69 Å². The number of hydrogen-bond donors (Lipinski definition) is 1. The van der Waals surface area contributed by atoms with Crippen LogP contribution in [0.15, 0.2) is 58.8 Å². The van der Waals surface area contributed by atoms with Gasteiger partial charge in [0.15, 0.2) is 0 Å². The van der Waals surface area contributed by atoms with Crippen LogP contribution in [0.5, 0.6) is 0 Å². The largest absolute Gasteiger partial charge is 0.462 e. The Hall–Kier alpha value is -2.69. The number of ether oxygens (including phenoxy) is 1. The molecule has 5 heteroatoms. The fourth-order valence-electron chi connectivity index (χ4n) is 1.60. The Kier molecular flexibility index (Phi) is 4.44. The summed E-state index contributed by atoms with van der Waals surface area (Å²) in [5.74, 6) is -0.372. The van der Waals surface area contributed by atoms with E-state index in [-0.39, 0.29) is 5.97 Å². The molecule has 0 heterocycles. The van der Waals surface area contributed by atoms with Gasteiger partial charge in [-0.05, 0) is 37.3 Å². The van der Waals surface area contributed by atoms with Gasteiger partial charge in [0.25, 0.3) is 0 Å². The van der Waals surface area contributed by atoms with Gasteiger partial charge < -0.3 is 10.5 Å². The maximum atomic E-state index is 11.6. The molecule has 0 aliphatic rings. The fraction of sp³-hybridized carbons (Fsp3) is 0.133. The molecule has 0 fully saturated rings. The minimum Gasteiger partial charge on any atom is -0.462 e. The summed E-state index contributed by atoms with van der Waals surface area (Å²) in [7, 11) is 0. The van der Waals surface area contributed by atoms with E-state index in [1.54, 1.807) is 43.3 Å². The molecule has 0 saturated heterocycles. The quantitative estimate of drug-likeness (QED) is 0.520. The van der Waals surface area contributed by atoms with Gasteiger partial charge in [-0.1, -0.05) is 18.2 Å². The first-order valence-corrected chi connectivity index (χ1v) is 6.24. The number of rotatable bonds is 4. The lowest BCUT2D eigenvalue weighted by molar-refractivity contribution is 0.0526. The number of nitrogen functional groups attached to an aromatic ring is 1. The highest BCUT2D eigenvalue weighted by Gasteiger charge is 2.06. The summed E-state index contributed by atoms with van der Waals surface area (Å²) in [5, 5.41) is 8.15. The third-order valence-corrected chi connectivity index (χ3v) is 2.57. The lowest BCUT2D eigenvalue weighted by Crippen LogP contribution is -2.03. The number of nitrogens with two attached hydrogens (primary N) is 1. The lowest BCUT2D eigenvalue weighted by atomic mass is 10.2. The molecule has 2 rings (SSSR count). The summed E-state index contributed by atoms with van der Waals surface area (Å²) in [5.41, 5.74) is 7.94. The fourth-order valence-corrected chi connectivity index (χ4v) is 1.60. The van der Waals surface area contributed by atoms with Crippen molar-refractivity contribution in [2.24, 2.45) is 10.2 Å². The van der Waals surface area contributed by atoms with E-state index in [2.05, 4.69) is 10.2 Å². The van der Waals surface area contributed by atoms with Crippen molar-refractivity contribution < 1.29 is 9.53 Å². The normalized spacial score (nSPS) is 10.7. The van der Waals surface area contributed by atoms with Gasteiger partial charge in [-0.15, -0.1) is 5.11 Å². The van der Waals surface area contributed by atoms with E-state index in [0.717, 1.165) is 0 Å². The third-order valence-electron chi connectivity index (χ3n) is 2.57. The molecule has 5 nitrogen and oxygen atoms in total. The molecule has 0 atom stereocenters. The molecular weight excluding hydrogens is 254 g/mol. The van der Waals surface area contributed by atoms with Gasteiger partial charge in [0.2, 0.25) is 0 Å². The second-order valence-electron chi connectivity index (χ2n) is 4.03. The van der Waals surface area contributed by atoms with E-state index in [1.807, 2.05) is 12.1 Å². The zero-order chi connectivity index (χ0) is 14.4. The molecule has 0 bridgehead atoms. The molecule has 0 amide bonds. The summed E-state index contributed by atoms with van der Waals surface area (Å²) in [4.78, 5) is 11.6. The van der Waals surface area contributed by atoms with Crippen LogP contribution in [-0.4, -0.2) is 12.6 Å². The summed E-state index contributed by atoms with van der Waals surface area (Å²) < 4.78 is 4.93. The van der Waals surface area contributed by atoms with Gasteiger partial charge in [-0.3, -0.25) is 0 Å². The van der Waals surface area contributed by atoms with Crippen LogP contribution < -0.4 is 5.73 Å². The van der Waals surface area contributed by atoms with Crippen LogP contribution in [-0.2, 0) is 4.74 Å². The molecule has 2 N–H and O–H groups in total. The molecule has 0 aliphatic carbocycles. The smallest absolute Gasteiger partial charge is 0.338 e. The molecule has 102 valence electrons. The minimum atomic E-state index is -0.372. The maximum absolute atomic E-state index is 11.6. The topological polar surface area (TPSA) is 77.0 Å². The Bertz CT molecular complexity index is 639. The standard InChI is InChI=1S/C15H15N3O2/c1-2-20-15(19)11-6-5-7-12(10-11)17-18-14-9-4-3-8-13(14)16/h3-10H,2,16H2,1H3. The lowest BCUT2D eigenvalue weighted by Gasteiger charge is -2.02. The van der Waals surface area contributed by atoms with E-state index in [9.17, 15) is 4.79 Å². The average molecular weight is 269 g/mol. The molecular formula is C15H15N3O2. The molecule has 0 radical (unpaired) electrons. The number of carbonyl (C=O) groups is 1. The molecule has 0 saturated carbocycles.